The lowest BCUT2D eigenvalue weighted by molar-refractivity contribution is -0.114. The molecule has 1 fully saturated rings. The average Bonchev–Trinajstić information content (AvgIpc) is 3.08. The smallest absolute Gasteiger partial charge is 0.221 e. The minimum absolute atomic E-state index is 0.106. The second-order valence-electron chi connectivity index (χ2n) is 7.08. The molecule has 1 aliphatic carbocycles. The van der Waals surface area contributed by atoms with E-state index in [0.29, 0.717) is 5.92 Å². The van der Waals surface area contributed by atoms with Crippen LogP contribution in [0.15, 0.2) is 49.2 Å². The van der Waals surface area contributed by atoms with Crippen LogP contribution in [0.25, 0.3) is 10.5 Å². The number of hydrogen-bond acceptors (Lipinski definition) is 5. The van der Waals surface area contributed by atoms with Gasteiger partial charge in [0.1, 0.15) is 17.3 Å². The molecule has 3 aromatic heterocycles. The summed E-state index contributed by atoms with van der Waals surface area (Å²) in [6.45, 7) is 1.48. The fourth-order valence-corrected chi connectivity index (χ4v) is 4.70. The summed E-state index contributed by atoms with van der Waals surface area (Å²) in [6.07, 6.45) is 8.74. The van der Waals surface area contributed by atoms with Gasteiger partial charge >= 0.3 is 0 Å². The largest absolute Gasteiger partial charge is 0.382 e. The molecule has 0 bridgehead atoms. The van der Waals surface area contributed by atoms with E-state index < -0.39 is 6.10 Å². The third-order valence-corrected chi connectivity index (χ3v) is 6.18. The van der Waals surface area contributed by atoms with Gasteiger partial charge in [0.25, 0.3) is 0 Å². The maximum Gasteiger partial charge on any atom is 0.221 e. The molecule has 7 nitrogen and oxygen atoms in total. The molecule has 1 saturated carbocycles. The molecule has 4 aromatic rings. The van der Waals surface area contributed by atoms with Gasteiger partial charge in [-0.3, -0.25) is 9.20 Å². The van der Waals surface area contributed by atoms with Crippen LogP contribution in [0, 0.1) is 0 Å². The molecule has 0 aliphatic heterocycles. The van der Waals surface area contributed by atoms with Crippen molar-refractivity contribution in [2.24, 2.45) is 0 Å². The van der Waals surface area contributed by atoms with E-state index >= 15 is 0 Å². The predicted octanol–water partition coefficient (Wildman–Crippen LogP) is 3.50. The molecule has 8 heteroatoms. The Hall–Kier alpha value is -2.97. The Kier molecular flexibility index (Phi) is 4.03. The SMILES string of the molecule is CC(=O)Nc1ccc(-n2cc(C(O)c3c(C4CC4)sc4cncn34)cn2)cc1. The molecular weight excluding hydrogens is 374 g/mol. The summed E-state index contributed by atoms with van der Waals surface area (Å²) in [5.41, 5.74) is 3.23. The standard InChI is InChI=1S/C20H19N5O2S/c1-12(26)23-15-4-6-16(7-5-15)25-10-14(8-22-25)19(27)18-20(13-2-3-13)28-17-9-21-11-24(17)18/h4-11,13,19,27H,2-3H2,1H3,(H,23,26). The second kappa shape index (κ2) is 6.57. The summed E-state index contributed by atoms with van der Waals surface area (Å²) in [6, 6.07) is 7.41. The molecule has 0 spiro atoms. The van der Waals surface area contributed by atoms with E-state index in [2.05, 4.69) is 15.4 Å². The summed E-state index contributed by atoms with van der Waals surface area (Å²) in [4.78, 5) is 17.7. The number of carbonyl (C=O) groups is 1. The number of fused-ring (bicyclic) bond motifs is 1. The summed E-state index contributed by atoms with van der Waals surface area (Å²) < 4.78 is 3.72. The Labute approximate surface area is 165 Å². The van der Waals surface area contributed by atoms with E-state index in [9.17, 15) is 9.90 Å². The van der Waals surface area contributed by atoms with Crippen LogP contribution in [0.1, 0.15) is 47.9 Å². The summed E-state index contributed by atoms with van der Waals surface area (Å²) in [7, 11) is 0. The first kappa shape index (κ1) is 17.2. The Balaban J connectivity index is 1.45. The zero-order valence-electron chi connectivity index (χ0n) is 15.2. The van der Waals surface area contributed by atoms with Crippen molar-refractivity contribution in [1.29, 1.82) is 0 Å². The first-order chi connectivity index (χ1) is 13.6. The van der Waals surface area contributed by atoms with Gasteiger partial charge in [-0.2, -0.15) is 5.10 Å². The quantitative estimate of drug-likeness (QED) is 0.544. The monoisotopic (exact) mass is 393 g/mol. The van der Waals surface area contributed by atoms with Crippen LogP contribution < -0.4 is 5.32 Å². The fraction of sp³-hybridized carbons (Fsp3) is 0.250. The van der Waals surface area contributed by atoms with Crippen molar-refractivity contribution in [2.75, 3.05) is 5.32 Å². The van der Waals surface area contributed by atoms with E-state index in [4.69, 9.17) is 0 Å². The van der Waals surface area contributed by atoms with Gasteiger partial charge < -0.3 is 10.4 Å². The summed E-state index contributed by atoms with van der Waals surface area (Å²) in [5, 5.41) is 18.3. The van der Waals surface area contributed by atoms with Gasteiger partial charge in [-0.1, -0.05) is 0 Å². The molecule has 3 heterocycles. The van der Waals surface area contributed by atoms with Gasteiger partial charge in [0, 0.05) is 29.2 Å². The number of hydrogen-bond donors (Lipinski definition) is 2. The number of nitrogens with zero attached hydrogens (tertiary/aromatic N) is 4. The highest BCUT2D eigenvalue weighted by molar-refractivity contribution is 7.17. The van der Waals surface area contributed by atoms with Crippen molar-refractivity contribution in [3.8, 4) is 5.69 Å². The van der Waals surface area contributed by atoms with Crippen molar-refractivity contribution in [3.63, 3.8) is 0 Å². The van der Waals surface area contributed by atoms with E-state index in [-0.39, 0.29) is 5.91 Å². The Morgan fingerprint density at radius 1 is 1.29 bits per heavy atom. The van der Waals surface area contributed by atoms with Crippen LogP contribution in [0.5, 0.6) is 0 Å². The Morgan fingerprint density at radius 2 is 2.07 bits per heavy atom. The molecule has 5 rings (SSSR count). The van der Waals surface area contributed by atoms with E-state index in [1.54, 1.807) is 28.5 Å². The molecule has 1 aromatic carbocycles. The number of aliphatic hydroxyl groups excluding tert-OH is 1. The molecule has 28 heavy (non-hydrogen) atoms. The van der Waals surface area contributed by atoms with Crippen LogP contribution in [-0.4, -0.2) is 30.2 Å². The zero-order chi connectivity index (χ0) is 19.3. The molecule has 1 amide bonds. The molecular formula is C20H19N5O2S. The number of amides is 1. The molecule has 2 N–H and O–H groups in total. The molecule has 0 radical (unpaired) electrons. The van der Waals surface area contributed by atoms with Crippen molar-refractivity contribution >= 4 is 27.8 Å². The van der Waals surface area contributed by atoms with Crippen molar-refractivity contribution in [2.45, 2.75) is 31.8 Å². The Bertz CT molecular complexity index is 1150. The molecule has 1 aliphatic rings. The number of imidazole rings is 1. The molecule has 1 atom stereocenters. The first-order valence-electron chi connectivity index (χ1n) is 9.15. The van der Waals surface area contributed by atoms with Crippen LogP contribution >= 0.6 is 11.3 Å². The lowest BCUT2D eigenvalue weighted by atomic mass is 10.1. The van der Waals surface area contributed by atoms with Crippen molar-refractivity contribution in [3.05, 3.63) is 65.3 Å². The number of rotatable bonds is 5. The fourth-order valence-electron chi connectivity index (χ4n) is 3.41. The average molecular weight is 393 g/mol. The van der Waals surface area contributed by atoms with Crippen molar-refractivity contribution in [1.82, 2.24) is 19.2 Å². The number of thiazole rings is 1. The molecule has 142 valence electrons. The van der Waals surface area contributed by atoms with Gasteiger partial charge in [-0.15, -0.1) is 11.3 Å². The summed E-state index contributed by atoms with van der Waals surface area (Å²) in [5.74, 6) is 0.441. The van der Waals surface area contributed by atoms with E-state index in [1.807, 2.05) is 41.1 Å². The van der Waals surface area contributed by atoms with Gasteiger partial charge in [0.15, 0.2) is 0 Å². The van der Waals surface area contributed by atoms with Crippen molar-refractivity contribution < 1.29 is 9.90 Å². The zero-order valence-corrected chi connectivity index (χ0v) is 16.1. The number of benzene rings is 1. The van der Waals surface area contributed by atoms with Gasteiger partial charge in [-0.25, -0.2) is 9.67 Å². The highest BCUT2D eigenvalue weighted by Crippen LogP contribution is 2.47. The third-order valence-electron chi connectivity index (χ3n) is 4.91. The number of aliphatic hydroxyl groups is 1. The highest BCUT2D eigenvalue weighted by Gasteiger charge is 2.33. The van der Waals surface area contributed by atoms with Crippen LogP contribution in [0.2, 0.25) is 0 Å². The Morgan fingerprint density at radius 3 is 2.79 bits per heavy atom. The third kappa shape index (κ3) is 3.00. The molecule has 0 saturated heterocycles. The van der Waals surface area contributed by atoms with E-state index in [1.165, 1.54) is 24.6 Å². The van der Waals surface area contributed by atoms with E-state index in [0.717, 1.165) is 27.5 Å². The van der Waals surface area contributed by atoms with Gasteiger partial charge in [-0.05, 0) is 43.0 Å². The number of aromatic nitrogens is 4. The topological polar surface area (TPSA) is 84.5 Å². The first-order valence-corrected chi connectivity index (χ1v) is 9.97. The predicted molar refractivity (Wildman–Crippen MR) is 107 cm³/mol. The van der Waals surface area contributed by atoms with Crippen LogP contribution in [-0.2, 0) is 4.79 Å². The minimum atomic E-state index is -0.758. The van der Waals surface area contributed by atoms with Crippen LogP contribution in [0.3, 0.4) is 0 Å². The van der Waals surface area contributed by atoms with Gasteiger partial charge in [0.2, 0.25) is 5.91 Å². The van der Waals surface area contributed by atoms with Crippen LogP contribution in [0.4, 0.5) is 5.69 Å². The maximum atomic E-state index is 11.2. The number of nitrogens with one attached hydrogen (secondary N) is 1. The lowest BCUT2D eigenvalue weighted by Gasteiger charge is -2.10. The normalized spacial score (nSPS) is 15.1. The lowest BCUT2D eigenvalue weighted by Crippen LogP contribution is -2.06. The van der Waals surface area contributed by atoms with Gasteiger partial charge in [0.05, 0.1) is 23.8 Å². The number of anilines is 1. The molecule has 1 unspecified atom stereocenters. The minimum Gasteiger partial charge on any atom is -0.382 e. The number of carbonyl (C=O) groups excluding carboxylic acids is 1. The maximum absolute atomic E-state index is 11.2. The second-order valence-corrected chi connectivity index (χ2v) is 8.14. The highest BCUT2D eigenvalue weighted by atomic mass is 32.1. The summed E-state index contributed by atoms with van der Waals surface area (Å²) >= 11 is 1.71.